The summed E-state index contributed by atoms with van der Waals surface area (Å²) in [6.45, 7) is 3.99. The second-order valence-corrected chi connectivity index (χ2v) is 8.14. The number of halogens is 1. The molecule has 0 aliphatic carbocycles. The number of aromatic nitrogens is 3. The Morgan fingerprint density at radius 2 is 1.94 bits per heavy atom. The molecule has 32 heavy (non-hydrogen) atoms. The predicted molar refractivity (Wildman–Crippen MR) is 126 cm³/mol. The molecule has 0 aliphatic rings. The van der Waals surface area contributed by atoms with Crippen LogP contribution in [0.3, 0.4) is 0 Å². The van der Waals surface area contributed by atoms with Crippen molar-refractivity contribution >= 4 is 39.7 Å². The molecular formula is C22H20BrN3O5S. The van der Waals surface area contributed by atoms with Crippen LogP contribution in [-0.2, 0) is 4.79 Å². The Hall–Kier alpha value is -3.24. The average Bonchev–Trinajstić information content (AvgIpc) is 3.26. The summed E-state index contributed by atoms with van der Waals surface area (Å²) in [5, 5.41) is 16.9. The van der Waals surface area contributed by atoms with Crippen molar-refractivity contribution in [2.75, 3.05) is 20.8 Å². The molecule has 1 aromatic heterocycles. The summed E-state index contributed by atoms with van der Waals surface area (Å²) in [6.07, 6.45) is 3.19. The van der Waals surface area contributed by atoms with E-state index in [2.05, 4.69) is 37.7 Å². The van der Waals surface area contributed by atoms with Gasteiger partial charge in [0.05, 0.1) is 18.7 Å². The van der Waals surface area contributed by atoms with Gasteiger partial charge in [0.1, 0.15) is 28.8 Å². The van der Waals surface area contributed by atoms with Gasteiger partial charge in [0.2, 0.25) is 5.16 Å². The number of nitrogens with zero attached hydrogens (tertiary/aromatic N) is 2. The number of rotatable bonds is 10. The monoisotopic (exact) mass is 517 g/mol. The first-order valence-corrected chi connectivity index (χ1v) is 10.9. The maximum absolute atomic E-state index is 11.8. The average molecular weight is 518 g/mol. The van der Waals surface area contributed by atoms with Crippen LogP contribution in [-0.4, -0.2) is 47.1 Å². The van der Waals surface area contributed by atoms with Crippen molar-refractivity contribution in [2.24, 2.45) is 0 Å². The number of aliphatic carboxylic acids is 1. The van der Waals surface area contributed by atoms with E-state index >= 15 is 0 Å². The van der Waals surface area contributed by atoms with Gasteiger partial charge in [-0.3, -0.25) is 5.10 Å². The number of hydrogen-bond acceptors (Lipinski definition) is 7. The lowest BCUT2D eigenvalue weighted by molar-refractivity contribution is -0.131. The smallest absolute Gasteiger partial charge is 0.342 e. The molecule has 0 saturated heterocycles. The fraction of sp³-hybridized carbons (Fsp3) is 0.136. The first-order valence-electron chi connectivity index (χ1n) is 9.25. The fourth-order valence-electron chi connectivity index (χ4n) is 2.62. The van der Waals surface area contributed by atoms with Gasteiger partial charge >= 0.3 is 5.97 Å². The number of carbonyl (C=O) groups is 1. The topological polar surface area (TPSA) is 107 Å². The number of benzene rings is 2. The van der Waals surface area contributed by atoms with Crippen LogP contribution in [0.1, 0.15) is 5.56 Å². The molecule has 3 aromatic rings. The van der Waals surface area contributed by atoms with Crippen LogP contribution in [0.25, 0.3) is 17.5 Å². The van der Waals surface area contributed by atoms with Crippen LogP contribution in [0, 0.1) is 0 Å². The Bertz CT molecular complexity index is 1140. The summed E-state index contributed by atoms with van der Waals surface area (Å²) in [7, 11) is 3.11. The van der Waals surface area contributed by atoms with Crippen molar-refractivity contribution < 1.29 is 24.1 Å². The Balaban J connectivity index is 1.84. The normalized spacial score (nSPS) is 11.2. The number of ether oxygens (including phenoxy) is 3. The second kappa shape index (κ2) is 10.9. The number of carboxylic acid groups (broad SMARTS) is 1. The molecular weight excluding hydrogens is 498 g/mol. The zero-order valence-electron chi connectivity index (χ0n) is 17.3. The molecule has 0 bridgehead atoms. The molecule has 3 rings (SSSR count). The van der Waals surface area contributed by atoms with E-state index in [1.807, 2.05) is 0 Å². The van der Waals surface area contributed by atoms with Crippen LogP contribution in [0.2, 0.25) is 0 Å². The van der Waals surface area contributed by atoms with Crippen LogP contribution in [0.15, 0.2) is 63.6 Å². The van der Waals surface area contributed by atoms with Gasteiger partial charge in [-0.15, -0.1) is 5.10 Å². The van der Waals surface area contributed by atoms with Crippen LogP contribution >= 0.6 is 27.7 Å². The van der Waals surface area contributed by atoms with Gasteiger partial charge in [0.25, 0.3) is 0 Å². The third kappa shape index (κ3) is 5.92. The lowest BCUT2D eigenvalue weighted by Gasteiger charge is -2.07. The highest BCUT2D eigenvalue weighted by Gasteiger charge is 2.16. The van der Waals surface area contributed by atoms with Crippen molar-refractivity contribution in [1.82, 2.24) is 15.2 Å². The van der Waals surface area contributed by atoms with Crippen molar-refractivity contribution in [3.8, 4) is 28.6 Å². The van der Waals surface area contributed by atoms with Gasteiger partial charge in [-0.1, -0.05) is 18.7 Å². The summed E-state index contributed by atoms with van der Waals surface area (Å²) in [5.41, 5.74) is 1.38. The van der Waals surface area contributed by atoms with Crippen molar-refractivity contribution in [2.45, 2.75) is 5.16 Å². The lowest BCUT2D eigenvalue weighted by atomic mass is 10.2. The fourth-order valence-corrected chi connectivity index (χ4v) is 3.84. The van der Waals surface area contributed by atoms with E-state index in [9.17, 15) is 9.90 Å². The zero-order valence-corrected chi connectivity index (χ0v) is 19.7. The maximum Gasteiger partial charge on any atom is 0.342 e. The van der Waals surface area contributed by atoms with Crippen molar-refractivity contribution in [3.05, 3.63) is 64.0 Å². The molecule has 0 atom stereocenters. The molecule has 2 aromatic carbocycles. The summed E-state index contributed by atoms with van der Waals surface area (Å²) in [6, 6.07) is 10.6. The van der Waals surface area contributed by atoms with Gasteiger partial charge < -0.3 is 19.3 Å². The number of nitrogens with one attached hydrogen (secondary N) is 1. The SMILES string of the molecule is C=CCOc1ccc(/C=C(\Sc2n[nH]c(-c3cc(OC)cc(OC)c3)n2)C(=O)O)cc1Br. The van der Waals surface area contributed by atoms with Crippen molar-refractivity contribution in [1.29, 1.82) is 0 Å². The first-order chi connectivity index (χ1) is 15.4. The number of H-pyrrole nitrogens is 1. The van der Waals surface area contributed by atoms with E-state index in [-0.39, 0.29) is 10.1 Å². The standard InChI is InChI=1S/C22H20BrN3O5S/c1-4-7-31-18-6-5-13(8-17(18)23)9-19(21(27)28)32-22-24-20(25-26-22)14-10-15(29-2)12-16(11-14)30-3/h4-6,8-12H,1,7H2,2-3H3,(H,27,28)(H,24,25,26)/b19-9-. The van der Waals surface area contributed by atoms with E-state index in [1.54, 1.807) is 62.8 Å². The Labute approximate surface area is 197 Å². The van der Waals surface area contributed by atoms with E-state index in [4.69, 9.17) is 14.2 Å². The maximum atomic E-state index is 11.8. The summed E-state index contributed by atoms with van der Waals surface area (Å²) >= 11 is 4.37. The molecule has 1 heterocycles. The molecule has 0 amide bonds. The van der Waals surface area contributed by atoms with Gasteiger partial charge in [-0.05, 0) is 63.6 Å². The second-order valence-electron chi connectivity index (χ2n) is 6.27. The zero-order chi connectivity index (χ0) is 23.1. The molecule has 0 spiro atoms. The third-order valence-corrected chi connectivity index (χ3v) is 5.61. The minimum Gasteiger partial charge on any atom is -0.497 e. The van der Waals surface area contributed by atoms with E-state index in [1.165, 1.54) is 0 Å². The van der Waals surface area contributed by atoms with E-state index in [0.717, 1.165) is 11.8 Å². The highest BCUT2D eigenvalue weighted by molar-refractivity contribution is 9.10. The number of aromatic amines is 1. The van der Waals surface area contributed by atoms with Crippen LogP contribution in [0.5, 0.6) is 17.2 Å². The van der Waals surface area contributed by atoms with E-state index < -0.39 is 5.97 Å². The predicted octanol–water partition coefficient (Wildman–Crippen LogP) is 5.03. The molecule has 0 aliphatic heterocycles. The van der Waals surface area contributed by atoms with Crippen molar-refractivity contribution in [3.63, 3.8) is 0 Å². The molecule has 0 radical (unpaired) electrons. The summed E-state index contributed by atoms with van der Waals surface area (Å²) in [4.78, 5) is 16.3. The first kappa shape index (κ1) is 23.4. The van der Waals surface area contributed by atoms with Gasteiger partial charge in [-0.25, -0.2) is 9.78 Å². The number of thioether (sulfide) groups is 1. The molecule has 0 fully saturated rings. The highest BCUT2D eigenvalue weighted by atomic mass is 79.9. The molecule has 8 nitrogen and oxygen atoms in total. The Kier molecular flexibility index (Phi) is 7.96. The third-order valence-electron chi connectivity index (χ3n) is 4.11. The molecule has 2 N–H and O–H groups in total. The lowest BCUT2D eigenvalue weighted by Crippen LogP contribution is -1.98. The molecule has 0 saturated carbocycles. The number of hydrogen-bond donors (Lipinski definition) is 2. The Morgan fingerprint density at radius 1 is 1.22 bits per heavy atom. The minimum atomic E-state index is -1.09. The van der Waals surface area contributed by atoms with E-state index in [0.29, 0.717) is 45.3 Å². The summed E-state index contributed by atoms with van der Waals surface area (Å²) < 4.78 is 16.8. The highest BCUT2D eigenvalue weighted by Crippen LogP contribution is 2.32. The molecule has 166 valence electrons. The largest absolute Gasteiger partial charge is 0.497 e. The summed E-state index contributed by atoms with van der Waals surface area (Å²) in [5.74, 6) is 1.21. The van der Waals surface area contributed by atoms with Gasteiger partial charge in [0, 0.05) is 11.6 Å². The van der Waals surface area contributed by atoms with Gasteiger partial charge in [0.15, 0.2) is 5.82 Å². The Morgan fingerprint density at radius 3 is 2.53 bits per heavy atom. The van der Waals surface area contributed by atoms with Crippen LogP contribution in [0.4, 0.5) is 0 Å². The van der Waals surface area contributed by atoms with Crippen LogP contribution < -0.4 is 14.2 Å². The minimum absolute atomic E-state index is 0.0606. The number of carboxylic acids is 1. The molecule has 10 heteroatoms. The number of methoxy groups -OCH3 is 2. The molecule has 0 unspecified atom stereocenters. The quantitative estimate of drug-likeness (QED) is 0.219. The van der Waals surface area contributed by atoms with Gasteiger partial charge in [-0.2, -0.15) is 0 Å².